The van der Waals surface area contributed by atoms with Crippen LogP contribution in [0.3, 0.4) is 0 Å². The zero-order valence-corrected chi connectivity index (χ0v) is 15.8. The minimum absolute atomic E-state index is 0. The Morgan fingerprint density at radius 1 is 1.26 bits per heavy atom. The van der Waals surface area contributed by atoms with Crippen LogP contribution in [0.4, 0.5) is 0 Å². The number of aromatic nitrogens is 1. The molecule has 0 spiro atoms. The molecule has 0 saturated heterocycles. The molecule has 130 valence electrons. The Balaban J connectivity index is 0.00000264. The molecule has 23 heavy (non-hydrogen) atoms. The van der Waals surface area contributed by atoms with E-state index in [2.05, 4.69) is 41.4 Å². The van der Waals surface area contributed by atoms with Crippen molar-refractivity contribution >= 4 is 33.3 Å². The molecule has 0 aliphatic heterocycles. The third-order valence-electron chi connectivity index (χ3n) is 3.86. The van der Waals surface area contributed by atoms with Crippen LogP contribution in [0.1, 0.15) is 18.1 Å². The van der Waals surface area contributed by atoms with Crippen molar-refractivity contribution < 1.29 is 8.42 Å². The van der Waals surface area contributed by atoms with Crippen molar-refractivity contribution in [3.8, 4) is 0 Å². The molecule has 0 atom stereocenters. The molecule has 1 N–H and O–H groups in total. The zero-order valence-electron chi connectivity index (χ0n) is 14.2. The van der Waals surface area contributed by atoms with Gasteiger partial charge in [-0.05, 0) is 57.7 Å². The van der Waals surface area contributed by atoms with E-state index in [1.165, 1.54) is 18.1 Å². The summed E-state index contributed by atoms with van der Waals surface area (Å²) in [7, 11) is 2.32. The molecule has 2 rings (SSSR count). The molecule has 0 saturated carbocycles. The largest absolute Gasteiger partial charge is 0.347 e. The second kappa shape index (κ2) is 8.15. The van der Waals surface area contributed by atoms with Crippen LogP contribution in [-0.2, 0) is 28.7 Å². The molecule has 0 bridgehead atoms. The van der Waals surface area contributed by atoms with E-state index in [-0.39, 0.29) is 18.2 Å². The van der Waals surface area contributed by atoms with Gasteiger partial charge in [0.15, 0.2) is 0 Å². The second-order valence-corrected chi connectivity index (χ2v) is 7.73. The van der Waals surface area contributed by atoms with E-state index in [0.29, 0.717) is 0 Å². The van der Waals surface area contributed by atoms with Crippen molar-refractivity contribution in [1.82, 2.24) is 14.2 Å². The highest BCUT2D eigenvalue weighted by atomic mass is 35.5. The van der Waals surface area contributed by atoms with E-state index in [0.717, 1.165) is 30.5 Å². The maximum absolute atomic E-state index is 11.7. The van der Waals surface area contributed by atoms with Crippen molar-refractivity contribution in [2.45, 2.75) is 25.6 Å². The van der Waals surface area contributed by atoms with Crippen LogP contribution in [0.15, 0.2) is 24.4 Å². The van der Waals surface area contributed by atoms with E-state index in [1.807, 2.05) is 18.2 Å². The average Bonchev–Trinajstić information content (AvgIpc) is 2.82. The van der Waals surface area contributed by atoms with Crippen molar-refractivity contribution in [2.24, 2.45) is 0 Å². The summed E-state index contributed by atoms with van der Waals surface area (Å²) in [4.78, 5) is 2.16. The summed E-state index contributed by atoms with van der Waals surface area (Å²) < 4.78 is 28.1. The van der Waals surface area contributed by atoms with Gasteiger partial charge in [0.25, 0.3) is 0 Å². The average molecular weight is 360 g/mol. The van der Waals surface area contributed by atoms with E-state index < -0.39 is 10.0 Å². The van der Waals surface area contributed by atoms with Crippen molar-refractivity contribution in [3.63, 3.8) is 0 Å². The van der Waals surface area contributed by atoms with Gasteiger partial charge in [0, 0.05) is 30.2 Å². The van der Waals surface area contributed by atoms with Crippen LogP contribution in [0, 0.1) is 0 Å². The van der Waals surface area contributed by atoms with Gasteiger partial charge >= 0.3 is 0 Å². The number of rotatable bonds is 7. The number of sulfonamides is 1. The van der Waals surface area contributed by atoms with E-state index in [1.54, 1.807) is 0 Å². The van der Waals surface area contributed by atoms with Crippen molar-refractivity contribution in [2.75, 3.05) is 27.7 Å². The van der Waals surface area contributed by atoms with Crippen molar-refractivity contribution in [1.29, 1.82) is 0 Å². The summed E-state index contributed by atoms with van der Waals surface area (Å²) in [6.07, 6.45) is 3.14. The maximum Gasteiger partial charge on any atom is 0.215 e. The first-order valence-electron chi connectivity index (χ1n) is 7.53. The van der Waals surface area contributed by atoms with E-state index in [9.17, 15) is 8.42 Å². The minimum Gasteiger partial charge on any atom is -0.347 e. The molecule has 5 nitrogen and oxygen atoms in total. The minimum atomic E-state index is -3.24. The van der Waals surface area contributed by atoms with Gasteiger partial charge in [0.1, 0.15) is 0 Å². The predicted octanol–water partition coefficient (Wildman–Crippen LogP) is 2.24. The fourth-order valence-electron chi connectivity index (χ4n) is 2.60. The first-order chi connectivity index (χ1) is 10.4. The van der Waals surface area contributed by atoms with Gasteiger partial charge in [-0.15, -0.1) is 12.4 Å². The first kappa shape index (κ1) is 20.0. The van der Waals surface area contributed by atoms with Gasteiger partial charge in [-0.1, -0.05) is 6.07 Å². The SMILES string of the molecule is CCn1cc(CCN(C)C)c2cc(CS(=O)(=O)NC)ccc21.Cl. The third-order valence-corrected chi connectivity index (χ3v) is 5.20. The Kier molecular flexibility index (Phi) is 7.07. The number of fused-ring (bicyclic) bond motifs is 1. The van der Waals surface area contributed by atoms with Gasteiger partial charge < -0.3 is 9.47 Å². The molecular weight excluding hydrogens is 334 g/mol. The summed E-state index contributed by atoms with van der Waals surface area (Å²) in [5, 5.41) is 1.16. The van der Waals surface area contributed by atoms with Gasteiger partial charge in [0.2, 0.25) is 10.0 Å². The molecule has 0 unspecified atom stereocenters. The van der Waals surface area contributed by atoms with Crippen LogP contribution >= 0.6 is 12.4 Å². The lowest BCUT2D eigenvalue weighted by molar-refractivity contribution is 0.414. The van der Waals surface area contributed by atoms with Gasteiger partial charge in [0.05, 0.1) is 5.75 Å². The quantitative estimate of drug-likeness (QED) is 0.824. The normalized spacial score (nSPS) is 11.9. The summed E-state index contributed by atoms with van der Waals surface area (Å²) in [6, 6.07) is 5.94. The molecule has 1 aromatic carbocycles. The molecule has 0 fully saturated rings. The Bertz CT molecular complexity index is 754. The smallest absolute Gasteiger partial charge is 0.215 e. The highest BCUT2D eigenvalue weighted by molar-refractivity contribution is 7.88. The molecular formula is C16H26ClN3O2S. The number of nitrogens with zero attached hydrogens (tertiary/aromatic N) is 2. The lowest BCUT2D eigenvalue weighted by Gasteiger charge is -2.08. The van der Waals surface area contributed by atoms with Crippen molar-refractivity contribution in [3.05, 3.63) is 35.5 Å². The number of likely N-dealkylation sites (N-methyl/N-ethyl adjacent to an activating group) is 1. The zero-order chi connectivity index (χ0) is 16.3. The number of benzene rings is 1. The van der Waals surface area contributed by atoms with Crippen LogP contribution < -0.4 is 4.72 Å². The molecule has 7 heteroatoms. The van der Waals surface area contributed by atoms with Gasteiger partial charge in [-0.2, -0.15) is 0 Å². The Labute approximate surface area is 145 Å². The highest BCUT2D eigenvalue weighted by Gasteiger charge is 2.12. The Hall–Kier alpha value is -1.08. The maximum atomic E-state index is 11.7. The predicted molar refractivity (Wildman–Crippen MR) is 98.8 cm³/mol. The number of nitrogens with one attached hydrogen (secondary N) is 1. The molecule has 0 radical (unpaired) electrons. The lowest BCUT2D eigenvalue weighted by Crippen LogP contribution is -2.20. The van der Waals surface area contributed by atoms with Gasteiger partial charge in [-0.25, -0.2) is 13.1 Å². The Morgan fingerprint density at radius 2 is 1.96 bits per heavy atom. The lowest BCUT2D eigenvalue weighted by atomic mass is 10.1. The summed E-state index contributed by atoms with van der Waals surface area (Å²) in [5.74, 6) is 0.0177. The fourth-order valence-corrected chi connectivity index (χ4v) is 3.37. The standard InChI is InChI=1S/C16H25N3O2S.ClH/c1-5-19-11-14(8-9-18(3)4)15-10-13(6-7-16(15)19)12-22(20,21)17-2;/h6-7,10-11,17H,5,8-9,12H2,1-4H3;1H. The van der Waals surface area contributed by atoms with Crippen LogP contribution in [0.25, 0.3) is 10.9 Å². The van der Waals surface area contributed by atoms with Crippen LogP contribution in [0.2, 0.25) is 0 Å². The topological polar surface area (TPSA) is 54.3 Å². The molecule has 0 amide bonds. The highest BCUT2D eigenvalue weighted by Crippen LogP contribution is 2.24. The number of hydrogen-bond acceptors (Lipinski definition) is 3. The molecule has 1 heterocycles. The number of hydrogen-bond donors (Lipinski definition) is 1. The summed E-state index contributed by atoms with van der Waals surface area (Å²) in [5.41, 5.74) is 3.26. The van der Waals surface area contributed by atoms with Crippen LogP contribution in [0.5, 0.6) is 0 Å². The molecule has 1 aromatic heterocycles. The van der Waals surface area contributed by atoms with Gasteiger partial charge in [-0.3, -0.25) is 0 Å². The fraction of sp³-hybridized carbons (Fsp3) is 0.500. The van der Waals surface area contributed by atoms with Crippen LogP contribution in [-0.4, -0.2) is 45.6 Å². The number of aryl methyl sites for hydroxylation is 1. The Morgan fingerprint density at radius 3 is 2.52 bits per heavy atom. The third kappa shape index (κ3) is 4.94. The number of halogens is 1. The summed E-state index contributed by atoms with van der Waals surface area (Å²) in [6.45, 7) is 4.00. The molecule has 0 aliphatic rings. The summed E-state index contributed by atoms with van der Waals surface area (Å²) >= 11 is 0. The van der Waals surface area contributed by atoms with E-state index >= 15 is 0 Å². The molecule has 0 aliphatic carbocycles. The monoisotopic (exact) mass is 359 g/mol. The second-order valence-electron chi connectivity index (χ2n) is 5.81. The first-order valence-corrected chi connectivity index (χ1v) is 9.18. The van der Waals surface area contributed by atoms with E-state index in [4.69, 9.17) is 0 Å². The molecule has 2 aromatic rings.